The topological polar surface area (TPSA) is 48.0 Å². The number of morpholine rings is 1. The first-order valence-electron chi connectivity index (χ1n) is 9.37. The molecule has 1 N–H and O–H groups in total. The van der Waals surface area contributed by atoms with Gasteiger partial charge in [0.2, 0.25) is 5.91 Å². The first kappa shape index (κ1) is 18.2. The summed E-state index contributed by atoms with van der Waals surface area (Å²) in [5.74, 6) is 0.0732. The molecule has 0 saturated carbocycles. The van der Waals surface area contributed by atoms with Crippen LogP contribution < -0.4 is 10.2 Å². The van der Waals surface area contributed by atoms with E-state index in [1.54, 1.807) is 0 Å². The minimum Gasteiger partial charge on any atom is -0.378 e. The summed E-state index contributed by atoms with van der Waals surface area (Å²) in [7, 11) is 0. The fourth-order valence-electron chi connectivity index (χ4n) is 3.46. The molecule has 2 saturated heterocycles. The molecule has 6 nitrogen and oxygen atoms in total. The monoisotopic (exact) mass is 346 g/mol. The Morgan fingerprint density at radius 2 is 1.72 bits per heavy atom. The lowest BCUT2D eigenvalue weighted by molar-refractivity contribution is -0.121. The van der Waals surface area contributed by atoms with E-state index in [1.807, 2.05) is 19.1 Å². The summed E-state index contributed by atoms with van der Waals surface area (Å²) >= 11 is 0. The number of rotatable bonds is 5. The number of ether oxygens (including phenoxy) is 1. The number of carbonyl (C=O) groups is 1. The minimum atomic E-state index is -0.0991. The van der Waals surface area contributed by atoms with E-state index in [-0.39, 0.29) is 11.9 Å². The summed E-state index contributed by atoms with van der Waals surface area (Å²) in [5, 5.41) is 3.06. The molecule has 1 atom stereocenters. The first-order chi connectivity index (χ1) is 12.2. The second-order valence-electron chi connectivity index (χ2n) is 6.78. The van der Waals surface area contributed by atoms with Crippen molar-refractivity contribution < 1.29 is 9.53 Å². The van der Waals surface area contributed by atoms with Crippen LogP contribution in [0.4, 0.5) is 11.4 Å². The van der Waals surface area contributed by atoms with Gasteiger partial charge in [-0.3, -0.25) is 9.69 Å². The molecular formula is C19H30N4O2. The molecule has 1 aromatic carbocycles. The van der Waals surface area contributed by atoms with E-state index in [1.165, 1.54) is 5.69 Å². The lowest BCUT2D eigenvalue weighted by atomic mass is 10.2. The summed E-state index contributed by atoms with van der Waals surface area (Å²) in [6.07, 6.45) is 0. The maximum atomic E-state index is 12.6. The molecule has 25 heavy (non-hydrogen) atoms. The number of benzene rings is 1. The van der Waals surface area contributed by atoms with Crippen molar-refractivity contribution >= 4 is 17.3 Å². The molecule has 3 rings (SSSR count). The quantitative estimate of drug-likeness (QED) is 0.875. The van der Waals surface area contributed by atoms with Gasteiger partial charge in [0.1, 0.15) is 0 Å². The van der Waals surface area contributed by atoms with Crippen molar-refractivity contribution in [3.8, 4) is 0 Å². The molecule has 2 heterocycles. The molecular weight excluding hydrogens is 316 g/mol. The Bertz CT molecular complexity index is 549. The van der Waals surface area contributed by atoms with Crippen LogP contribution in [-0.2, 0) is 9.53 Å². The predicted octanol–water partition coefficient (Wildman–Crippen LogP) is 1.49. The van der Waals surface area contributed by atoms with Crippen molar-refractivity contribution in [2.24, 2.45) is 0 Å². The molecule has 0 aliphatic carbocycles. The van der Waals surface area contributed by atoms with Gasteiger partial charge in [0, 0.05) is 50.6 Å². The molecule has 0 bridgehead atoms. The van der Waals surface area contributed by atoms with Crippen molar-refractivity contribution in [2.45, 2.75) is 19.9 Å². The molecule has 138 valence electrons. The lowest BCUT2D eigenvalue weighted by Gasteiger charge is -2.36. The van der Waals surface area contributed by atoms with Gasteiger partial charge in [-0.2, -0.15) is 0 Å². The number of piperazine rings is 1. The van der Waals surface area contributed by atoms with E-state index >= 15 is 0 Å². The highest BCUT2D eigenvalue weighted by Gasteiger charge is 2.25. The van der Waals surface area contributed by atoms with Crippen molar-refractivity contribution in [3.63, 3.8) is 0 Å². The van der Waals surface area contributed by atoms with Gasteiger partial charge in [0.05, 0.1) is 19.3 Å². The van der Waals surface area contributed by atoms with Crippen LogP contribution in [0.1, 0.15) is 13.8 Å². The molecule has 0 spiro atoms. The molecule has 0 unspecified atom stereocenters. The Labute approximate surface area is 150 Å². The fraction of sp³-hybridized carbons (Fsp3) is 0.632. The third kappa shape index (κ3) is 4.71. The molecule has 0 radical (unpaired) electrons. The lowest BCUT2D eigenvalue weighted by Crippen LogP contribution is -2.52. The first-order valence-corrected chi connectivity index (χ1v) is 9.37. The van der Waals surface area contributed by atoms with Gasteiger partial charge >= 0.3 is 0 Å². The van der Waals surface area contributed by atoms with Crippen LogP contribution in [0.15, 0.2) is 24.3 Å². The van der Waals surface area contributed by atoms with Crippen LogP contribution in [0.5, 0.6) is 0 Å². The third-order valence-corrected chi connectivity index (χ3v) is 5.29. The van der Waals surface area contributed by atoms with Gasteiger partial charge in [0.15, 0.2) is 0 Å². The zero-order chi connectivity index (χ0) is 17.6. The summed E-state index contributed by atoms with van der Waals surface area (Å²) in [6.45, 7) is 12.7. The van der Waals surface area contributed by atoms with Gasteiger partial charge in [0.25, 0.3) is 0 Å². The second-order valence-corrected chi connectivity index (χ2v) is 6.78. The average Bonchev–Trinajstić information content (AvgIpc) is 2.68. The van der Waals surface area contributed by atoms with E-state index in [9.17, 15) is 4.79 Å². The summed E-state index contributed by atoms with van der Waals surface area (Å²) in [6, 6.07) is 8.03. The van der Waals surface area contributed by atoms with Crippen molar-refractivity contribution in [1.82, 2.24) is 9.80 Å². The van der Waals surface area contributed by atoms with Crippen LogP contribution in [0.25, 0.3) is 0 Å². The number of hydrogen-bond donors (Lipinski definition) is 1. The number of carbonyl (C=O) groups excluding carboxylic acids is 1. The van der Waals surface area contributed by atoms with E-state index in [0.29, 0.717) is 0 Å². The standard InChI is InChI=1S/C19H30N4O2/c1-3-21-8-10-22(11-9-21)16(2)19(24)20-17-4-6-18(7-5-17)23-12-14-25-15-13-23/h4-7,16H,3,8-15H2,1-2H3,(H,20,24)/t16-/m1/s1. The fourth-order valence-corrected chi connectivity index (χ4v) is 3.46. The van der Waals surface area contributed by atoms with Crippen LogP contribution in [0.2, 0.25) is 0 Å². The van der Waals surface area contributed by atoms with Gasteiger partial charge in [-0.25, -0.2) is 0 Å². The smallest absolute Gasteiger partial charge is 0.241 e. The highest BCUT2D eigenvalue weighted by Crippen LogP contribution is 2.19. The zero-order valence-electron chi connectivity index (χ0n) is 15.4. The molecule has 1 amide bonds. The van der Waals surface area contributed by atoms with E-state index in [2.05, 4.69) is 39.1 Å². The molecule has 2 aliphatic heterocycles. The largest absolute Gasteiger partial charge is 0.378 e. The zero-order valence-corrected chi connectivity index (χ0v) is 15.4. The Hall–Kier alpha value is -1.63. The van der Waals surface area contributed by atoms with Gasteiger partial charge in [-0.15, -0.1) is 0 Å². The predicted molar refractivity (Wildman–Crippen MR) is 101 cm³/mol. The van der Waals surface area contributed by atoms with Gasteiger partial charge in [-0.1, -0.05) is 6.92 Å². The number of anilines is 2. The van der Waals surface area contributed by atoms with Gasteiger partial charge < -0.3 is 19.9 Å². The highest BCUT2D eigenvalue weighted by molar-refractivity contribution is 5.94. The summed E-state index contributed by atoms with van der Waals surface area (Å²) < 4.78 is 5.39. The summed E-state index contributed by atoms with van der Waals surface area (Å²) in [4.78, 5) is 19.6. The maximum Gasteiger partial charge on any atom is 0.241 e. The third-order valence-electron chi connectivity index (χ3n) is 5.29. The van der Waals surface area contributed by atoms with E-state index in [0.717, 1.165) is 64.7 Å². The summed E-state index contributed by atoms with van der Waals surface area (Å²) in [5.41, 5.74) is 2.05. The Kier molecular flexibility index (Phi) is 6.29. The second kappa shape index (κ2) is 8.65. The number of likely N-dealkylation sites (N-methyl/N-ethyl adjacent to an activating group) is 1. The van der Waals surface area contributed by atoms with Crippen LogP contribution in [-0.4, -0.2) is 80.8 Å². The molecule has 1 aromatic rings. The Morgan fingerprint density at radius 1 is 1.08 bits per heavy atom. The molecule has 2 fully saturated rings. The van der Waals surface area contributed by atoms with Crippen molar-refractivity contribution in [2.75, 3.05) is 69.2 Å². The average molecular weight is 346 g/mol. The van der Waals surface area contributed by atoms with E-state index < -0.39 is 0 Å². The number of amides is 1. The van der Waals surface area contributed by atoms with Crippen LogP contribution in [0, 0.1) is 0 Å². The number of hydrogen-bond acceptors (Lipinski definition) is 5. The minimum absolute atomic E-state index is 0.0732. The Morgan fingerprint density at radius 3 is 2.32 bits per heavy atom. The molecule has 2 aliphatic rings. The number of nitrogens with zero attached hydrogens (tertiary/aromatic N) is 3. The normalized spacial score (nSPS) is 21.1. The molecule has 0 aromatic heterocycles. The van der Waals surface area contributed by atoms with E-state index in [4.69, 9.17) is 4.74 Å². The molecule has 6 heteroatoms. The van der Waals surface area contributed by atoms with Crippen molar-refractivity contribution in [3.05, 3.63) is 24.3 Å². The highest BCUT2D eigenvalue weighted by atomic mass is 16.5. The SMILES string of the molecule is CCN1CCN([C@H](C)C(=O)Nc2ccc(N3CCOCC3)cc2)CC1. The number of nitrogens with one attached hydrogen (secondary N) is 1. The maximum absolute atomic E-state index is 12.6. The van der Waals surface area contributed by atoms with Crippen LogP contribution >= 0.6 is 0 Å². The Balaban J connectivity index is 1.52. The van der Waals surface area contributed by atoms with Crippen LogP contribution in [0.3, 0.4) is 0 Å². The van der Waals surface area contributed by atoms with Crippen molar-refractivity contribution in [1.29, 1.82) is 0 Å². The van der Waals surface area contributed by atoms with Gasteiger partial charge in [-0.05, 0) is 37.7 Å².